The number of halogens is 3. The Balaban J connectivity index is 2.90. The predicted octanol–water partition coefficient (Wildman–Crippen LogP) is 3.55. The Morgan fingerprint density at radius 2 is 1.69 bits per heavy atom. The quantitative estimate of drug-likeness (QED) is 0.794. The largest absolute Gasteiger partial charge is 0.573 e. The Labute approximate surface area is 92.0 Å². The molecule has 0 amide bonds. The molecular formula is C11H12F3O2. The monoisotopic (exact) mass is 233 g/mol. The Morgan fingerprint density at radius 1 is 1.12 bits per heavy atom. The van der Waals surface area contributed by atoms with E-state index in [1.807, 2.05) is 0 Å². The molecule has 2 nitrogen and oxygen atoms in total. The van der Waals surface area contributed by atoms with Gasteiger partial charge in [-0.05, 0) is 38.5 Å². The minimum Gasteiger partial charge on any atom is -0.491 e. The number of benzene rings is 1. The second-order valence-corrected chi connectivity index (χ2v) is 3.53. The molecule has 0 spiro atoms. The van der Waals surface area contributed by atoms with Gasteiger partial charge in [0, 0.05) is 6.07 Å². The van der Waals surface area contributed by atoms with E-state index >= 15 is 0 Å². The van der Waals surface area contributed by atoms with Crippen molar-refractivity contribution in [1.29, 1.82) is 0 Å². The van der Waals surface area contributed by atoms with E-state index in [4.69, 9.17) is 4.74 Å². The van der Waals surface area contributed by atoms with Gasteiger partial charge in [0.05, 0.1) is 6.10 Å². The van der Waals surface area contributed by atoms with Gasteiger partial charge in [-0.15, -0.1) is 13.2 Å². The first kappa shape index (κ1) is 12.7. The van der Waals surface area contributed by atoms with E-state index in [0.29, 0.717) is 11.3 Å². The SMILES string of the molecule is [CH2]c1cc(OC(C)C)cc(OC(F)(F)F)c1. The lowest BCUT2D eigenvalue weighted by molar-refractivity contribution is -0.274. The molecule has 0 fully saturated rings. The maximum Gasteiger partial charge on any atom is 0.573 e. The summed E-state index contributed by atoms with van der Waals surface area (Å²) < 4.78 is 45.0. The molecule has 0 bridgehead atoms. The summed E-state index contributed by atoms with van der Waals surface area (Å²) in [4.78, 5) is 0. The van der Waals surface area contributed by atoms with Crippen molar-refractivity contribution < 1.29 is 22.6 Å². The highest BCUT2D eigenvalue weighted by Crippen LogP contribution is 2.28. The van der Waals surface area contributed by atoms with Crippen LogP contribution in [0.5, 0.6) is 11.5 Å². The van der Waals surface area contributed by atoms with Crippen LogP contribution in [0.2, 0.25) is 0 Å². The van der Waals surface area contributed by atoms with Gasteiger partial charge in [0.1, 0.15) is 11.5 Å². The number of hydrogen-bond acceptors (Lipinski definition) is 2. The van der Waals surface area contributed by atoms with Gasteiger partial charge in [-0.3, -0.25) is 0 Å². The van der Waals surface area contributed by atoms with Gasteiger partial charge in [-0.2, -0.15) is 0 Å². The second kappa shape index (κ2) is 4.63. The molecule has 0 saturated carbocycles. The summed E-state index contributed by atoms with van der Waals surface area (Å²) in [6, 6.07) is 3.92. The summed E-state index contributed by atoms with van der Waals surface area (Å²) in [6.45, 7) is 7.11. The van der Waals surface area contributed by atoms with Gasteiger partial charge in [0.25, 0.3) is 0 Å². The van der Waals surface area contributed by atoms with E-state index in [1.54, 1.807) is 19.9 Å². The zero-order chi connectivity index (χ0) is 12.3. The molecule has 1 aromatic carbocycles. The summed E-state index contributed by atoms with van der Waals surface area (Å²) in [7, 11) is 0. The van der Waals surface area contributed by atoms with Crippen LogP contribution in [0.15, 0.2) is 18.2 Å². The average Bonchev–Trinajstić information content (AvgIpc) is 1.96. The van der Waals surface area contributed by atoms with E-state index in [0.717, 1.165) is 0 Å². The minimum atomic E-state index is -4.71. The third kappa shape index (κ3) is 4.42. The van der Waals surface area contributed by atoms with Crippen LogP contribution in [-0.2, 0) is 0 Å². The molecule has 1 rings (SSSR count). The highest BCUT2D eigenvalue weighted by molar-refractivity contribution is 5.39. The van der Waals surface area contributed by atoms with Crippen molar-refractivity contribution >= 4 is 0 Å². The fraction of sp³-hybridized carbons (Fsp3) is 0.364. The number of ether oxygens (including phenoxy) is 2. The predicted molar refractivity (Wildman–Crippen MR) is 53.3 cm³/mol. The summed E-state index contributed by atoms with van der Waals surface area (Å²) >= 11 is 0. The second-order valence-electron chi connectivity index (χ2n) is 3.53. The molecule has 0 atom stereocenters. The lowest BCUT2D eigenvalue weighted by atomic mass is 10.2. The first-order chi connectivity index (χ1) is 7.26. The molecule has 0 unspecified atom stereocenters. The van der Waals surface area contributed by atoms with Gasteiger partial charge in [-0.25, -0.2) is 0 Å². The molecule has 0 heterocycles. The van der Waals surface area contributed by atoms with Crippen LogP contribution < -0.4 is 9.47 Å². The van der Waals surface area contributed by atoms with Crippen LogP contribution in [0.1, 0.15) is 19.4 Å². The van der Waals surface area contributed by atoms with Crippen LogP contribution in [0.4, 0.5) is 13.2 Å². The van der Waals surface area contributed by atoms with Crippen molar-refractivity contribution in [3.63, 3.8) is 0 Å². The Bertz CT molecular complexity index is 359. The van der Waals surface area contributed by atoms with Gasteiger partial charge >= 0.3 is 6.36 Å². The minimum absolute atomic E-state index is 0.125. The van der Waals surface area contributed by atoms with Crippen molar-refractivity contribution in [3.05, 3.63) is 30.7 Å². The van der Waals surface area contributed by atoms with E-state index < -0.39 is 6.36 Å². The highest BCUT2D eigenvalue weighted by Gasteiger charge is 2.31. The fourth-order valence-corrected chi connectivity index (χ4v) is 1.16. The summed E-state index contributed by atoms with van der Waals surface area (Å²) in [5.74, 6) is -0.0163. The number of alkyl halides is 3. The molecule has 89 valence electrons. The van der Waals surface area contributed by atoms with Crippen molar-refractivity contribution in [1.82, 2.24) is 0 Å². The van der Waals surface area contributed by atoms with Crippen LogP contribution in [0.3, 0.4) is 0 Å². The smallest absolute Gasteiger partial charge is 0.491 e. The molecule has 16 heavy (non-hydrogen) atoms. The van der Waals surface area contributed by atoms with Crippen molar-refractivity contribution in [2.75, 3.05) is 0 Å². The fourth-order valence-electron chi connectivity index (χ4n) is 1.16. The molecule has 0 aliphatic heterocycles. The average molecular weight is 233 g/mol. The van der Waals surface area contributed by atoms with Crippen LogP contribution in [-0.4, -0.2) is 12.5 Å². The topological polar surface area (TPSA) is 18.5 Å². The molecule has 1 radical (unpaired) electrons. The molecule has 0 saturated heterocycles. The van der Waals surface area contributed by atoms with E-state index in [-0.39, 0.29) is 11.9 Å². The van der Waals surface area contributed by atoms with Gasteiger partial charge < -0.3 is 9.47 Å². The first-order valence-corrected chi connectivity index (χ1v) is 4.66. The van der Waals surface area contributed by atoms with E-state index in [9.17, 15) is 13.2 Å². The Kier molecular flexibility index (Phi) is 3.67. The highest BCUT2D eigenvalue weighted by atomic mass is 19.4. The van der Waals surface area contributed by atoms with Crippen LogP contribution in [0, 0.1) is 6.92 Å². The molecule has 0 aromatic heterocycles. The van der Waals surface area contributed by atoms with Crippen molar-refractivity contribution in [2.24, 2.45) is 0 Å². The lowest BCUT2D eigenvalue weighted by Gasteiger charge is -2.13. The molecule has 0 N–H and O–H groups in total. The maximum atomic E-state index is 12.0. The molecule has 0 aliphatic carbocycles. The third-order valence-corrected chi connectivity index (χ3v) is 1.55. The summed E-state index contributed by atoms with van der Waals surface area (Å²) in [5, 5.41) is 0. The third-order valence-electron chi connectivity index (χ3n) is 1.55. The van der Waals surface area contributed by atoms with E-state index in [2.05, 4.69) is 11.7 Å². The molecule has 0 aliphatic rings. The van der Waals surface area contributed by atoms with Crippen molar-refractivity contribution in [3.8, 4) is 11.5 Å². The van der Waals surface area contributed by atoms with Gasteiger partial charge in [0.2, 0.25) is 0 Å². The summed E-state index contributed by atoms with van der Waals surface area (Å²) in [6.07, 6.45) is -4.83. The number of hydrogen-bond donors (Lipinski definition) is 0. The van der Waals surface area contributed by atoms with Gasteiger partial charge in [0.15, 0.2) is 0 Å². The standard InChI is InChI=1S/C11H12F3O2/c1-7(2)15-9-4-8(3)5-10(6-9)16-11(12,13)14/h4-7H,3H2,1-2H3. The molecular weight excluding hydrogens is 221 g/mol. The molecule has 5 heteroatoms. The first-order valence-electron chi connectivity index (χ1n) is 4.66. The Morgan fingerprint density at radius 3 is 2.19 bits per heavy atom. The molecule has 1 aromatic rings. The number of rotatable bonds is 3. The van der Waals surface area contributed by atoms with Crippen molar-refractivity contribution in [2.45, 2.75) is 26.3 Å². The Hall–Kier alpha value is -1.39. The zero-order valence-corrected chi connectivity index (χ0v) is 8.97. The van der Waals surface area contributed by atoms with Crippen LogP contribution in [0.25, 0.3) is 0 Å². The maximum absolute atomic E-state index is 12.0. The van der Waals surface area contributed by atoms with Crippen LogP contribution >= 0.6 is 0 Å². The normalized spacial score (nSPS) is 11.7. The zero-order valence-electron chi connectivity index (χ0n) is 8.97. The van der Waals surface area contributed by atoms with E-state index in [1.165, 1.54) is 12.1 Å². The van der Waals surface area contributed by atoms with Gasteiger partial charge in [-0.1, -0.05) is 0 Å². The lowest BCUT2D eigenvalue weighted by Crippen LogP contribution is -2.17. The summed E-state index contributed by atoms with van der Waals surface area (Å²) in [5.41, 5.74) is 0.400.